The highest BCUT2D eigenvalue weighted by atomic mass is 16.5. The highest BCUT2D eigenvalue weighted by molar-refractivity contribution is 5.84. The smallest absolute Gasteiger partial charge is 0.414 e. The van der Waals surface area contributed by atoms with E-state index in [1.807, 2.05) is 6.92 Å². The predicted molar refractivity (Wildman–Crippen MR) is 65.7 cm³/mol. The van der Waals surface area contributed by atoms with E-state index in [0.29, 0.717) is 6.61 Å². The van der Waals surface area contributed by atoms with Gasteiger partial charge in [0.25, 0.3) is 0 Å². The SMILES string of the molecule is CCCCOC(=O)Nc1ncnc(NC(=O)OC)n1. The Kier molecular flexibility index (Phi) is 5.99. The number of hydrogen-bond acceptors (Lipinski definition) is 7. The molecule has 0 bridgehead atoms. The summed E-state index contributed by atoms with van der Waals surface area (Å²) in [5.74, 6) is -0.0615. The molecule has 1 rings (SSSR count). The fourth-order valence-corrected chi connectivity index (χ4v) is 0.996. The van der Waals surface area contributed by atoms with Gasteiger partial charge in [-0.2, -0.15) is 4.98 Å². The number of carbonyl (C=O) groups is 2. The molecule has 1 aromatic heterocycles. The van der Waals surface area contributed by atoms with Crippen LogP contribution in [0.15, 0.2) is 6.33 Å². The fourth-order valence-electron chi connectivity index (χ4n) is 0.996. The van der Waals surface area contributed by atoms with Crippen molar-refractivity contribution >= 4 is 24.1 Å². The lowest BCUT2D eigenvalue weighted by atomic mass is 10.4. The first kappa shape index (κ1) is 14.6. The molecule has 0 fully saturated rings. The molecule has 0 aliphatic heterocycles. The van der Waals surface area contributed by atoms with Crippen LogP contribution in [0.25, 0.3) is 0 Å². The molecule has 9 heteroatoms. The van der Waals surface area contributed by atoms with Crippen LogP contribution in [-0.4, -0.2) is 40.9 Å². The van der Waals surface area contributed by atoms with Crippen LogP contribution in [0.3, 0.4) is 0 Å². The van der Waals surface area contributed by atoms with Crippen molar-refractivity contribution in [2.45, 2.75) is 19.8 Å². The van der Waals surface area contributed by atoms with Gasteiger partial charge in [-0.25, -0.2) is 19.6 Å². The zero-order chi connectivity index (χ0) is 14.1. The highest BCUT2D eigenvalue weighted by Gasteiger charge is 2.08. The van der Waals surface area contributed by atoms with Gasteiger partial charge in [-0.05, 0) is 6.42 Å². The summed E-state index contributed by atoms with van der Waals surface area (Å²) in [7, 11) is 1.21. The standard InChI is InChI=1S/C10H15N5O4/c1-3-4-5-19-10(17)15-8-12-6-11-7(13-8)14-9(16)18-2/h6H,3-5H2,1-2H3,(H2,11,12,13,14,15,16,17). The third-order valence-corrected chi connectivity index (χ3v) is 1.92. The summed E-state index contributed by atoms with van der Waals surface area (Å²) in [6, 6.07) is 0. The molecule has 1 aromatic rings. The molecule has 0 aliphatic carbocycles. The lowest BCUT2D eigenvalue weighted by Gasteiger charge is -2.06. The number of unbranched alkanes of at least 4 members (excludes halogenated alkanes) is 1. The normalized spacial score (nSPS) is 9.58. The van der Waals surface area contributed by atoms with Crippen molar-refractivity contribution in [3.8, 4) is 0 Å². The van der Waals surface area contributed by atoms with Crippen LogP contribution >= 0.6 is 0 Å². The summed E-state index contributed by atoms with van der Waals surface area (Å²) in [5.41, 5.74) is 0. The van der Waals surface area contributed by atoms with Gasteiger partial charge in [0.2, 0.25) is 11.9 Å². The topological polar surface area (TPSA) is 115 Å². The van der Waals surface area contributed by atoms with E-state index in [1.54, 1.807) is 0 Å². The Morgan fingerprint density at radius 3 is 2.42 bits per heavy atom. The largest absolute Gasteiger partial charge is 0.453 e. The van der Waals surface area contributed by atoms with Crippen molar-refractivity contribution in [3.63, 3.8) is 0 Å². The Morgan fingerprint density at radius 1 is 1.21 bits per heavy atom. The zero-order valence-electron chi connectivity index (χ0n) is 10.7. The predicted octanol–water partition coefficient (Wildman–Crippen LogP) is 1.40. The Morgan fingerprint density at radius 2 is 1.84 bits per heavy atom. The van der Waals surface area contributed by atoms with E-state index in [-0.39, 0.29) is 11.9 Å². The highest BCUT2D eigenvalue weighted by Crippen LogP contribution is 2.03. The Hall–Kier alpha value is -2.45. The second kappa shape index (κ2) is 7.80. The number of aromatic nitrogens is 3. The molecule has 0 unspecified atom stereocenters. The number of rotatable bonds is 5. The van der Waals surface area contributed by atoms with Gasteiger partial charge in [-0.15, -0.1) is 0 Å². The van der Waals surface area contributed by atoms with Crippen molar-refractivity contribution in [3.05, 3.63) is 6.33 Å². The van der Waals surface area contributed by atoms with E-state index in [9.17, 15) is 9.59 Å². The first-order valence-electron chi connectivity index (χ1n) is 5.63. The molecule has 0 radical (unpaired) electrons. The summed E-state index contributed by atoms with van der Waals surface area (Å²) in [6.45, 7) is 2.30. The fraction of sp³-hybridized carbons (Fsp3) is 0.500. The molecule has 1 heterocycles. The number of carbonyl (C=O) groups excluding carboxylic acids is 2. The average Bonchev–Trinajstić information content (AvgIpc) is 2.39. The van der Waals surface area contributed by atoms with Gasteiger partial charge < -0.3 is 9.47 Å². The summed E-state index contributed by atoms with van der Waals surface area (Å²) in [4.78, 5) is 33.5. The molecule has 0 aromatic carbocycles. The second-order valence-corrected chi connectivity index (χ2v) is 3.36. The van der Waals surface area contributed by atoms with Gasteiger partial charge in [0.05, 0.1) is 13.7 Å². The minimum Gasteiger partial charge on any atom is -0.453 e. The van der Waals surface area contributed by atoms with Crippen molar-refractivity contribution in [2.75, 3.05) is 24.4 Å². The van der Waals surface area contributed by atoms with Crippen molar-refractivity contribution < 1.29 is 19.1 Å². The van der Waals surface area contributed by atoms with Crippen LogP contribution in [0.1, 0.15) is 19.8 Å². The maximum absolute atomic E-state index is 11.3. The lowest BCUT2D eigenvalue weighted by Crippen LogP contribution is -2.18. The van der Waals surface area contributed by atoms with Gasteiger partial charge in [-0.1, -0.05) is 13.3 Å². The van der Waals surface area contributed by atoms with Crippen molar-refractivity contribution in [1.29, 1.82) is 0 Å². The molecule has 0 saturated carbocycles. The van der Waals surface area contributed by atoms with Gasteiger partial charge in [-0.3, -0.25) is 10.6 Å². The minimum atomic E-state index is -0.720. The van der Waals surface area contributed by atoms with Crippen molar-refractivity contribution in [1.82, 2.24) is 15.0 Å². The maximum Gasteiger partial charge on any atom is 0.414 e. The van der Waals surface area contributed by atoms with Crippen LogP contribution in [0.5, 0.6) is 0 Å². The molecule has 2 N–H and O–H groups in total. The molecular weight excluding hydrogens is 254 g/mol. The van der Waals surface area contributed by atoms with E-state index in [4.69, 9.17) is 4.74 Å². The van der Waals surface area contributed by atoms with Gasteiger partial charge in [0.1, 0.15) is 6.33 Å². The average molecular weight is 269 g/mol. The quantitative estimate of drug-likeness (QED) is 0.776. The minimum absolute atomic E-state index is 0.0251. The number of methoxy groups -OCH3 is 1. The number of nitrogens with zero attached hydrogens (tertiary/aromatic N) is 3. The van der Waals surface area contributed by atoms with Crippen LogP contribution in [0.2, 0.25) is 0 Å². The molecule has 2 amide bonds. The number of ether oxygens (including phenoxy) is 2. The summed E-state index contributed by atoms with van der Waals surface area (Å²) < 4.78 is 9.24. The van der Waals surface area contributed by atoms with Crippen LogP contribution in [0, 0.1) is 0 Å². The van der Waals surface area contributed by atoms with E-state index in [1.165, 1.54) is 7.11 Å². The van der Waals surface area contributed by atoms with Gasteiger partial charge >= 0.3 is 12.2 Å². The number of nitrogens with one attached hydrogen (secondary N) is 2. The van der Waals surface area contributed by atoms with E-state index >= 15 is 0 Å². The van der Waals surface area contributed by atoms with Crippen LogP contribution in [0.4, 0.5) is 21.5 Å². The number of amides is 2. The molecule has 0 aliphatic rings. The van der Waals surface area contributed by atoms with Crippen LogP contribution in [-0.2, 0) is 9.47 Å². The summed E-state index contributed by atoms with van der Waals surface area (Å²) in [5, 5.41) is 4.56. The molecule has 0 atom stereocenters. The third kappa shape index (κ3) is 5.61. The summed E-state index contributed by atoms with van der Waals surface area (Å²) in [6.07, 6.45) is 1.46. The molecular formula is C10H15N5O4. The van der Waals surface area contributed by atoms with E-state index < -0.39 is 12.2 Å². The van der Waals surface area contributed by atoms with E-state index in [2.05, 4.69) is 30.3 Å². The summed E-state index contributed by atoms with van der Waals surface area (Å²) >= 11 is 0. The Labute approximate surface area is 109 Å². The first-order valence-corrected chi connectivity index (χ1v) is 5.63. The number of hydrogen-bond donors (Lipinski definition) is 2. The van der Waals surface area contributed by atoms with Gasteiger partial charge in [0.15, 0.2) is 0 Å². The molecule has 19 heavy (non-hydrogen) atoms. The lowest BCUT2D eigenvalue weighted by molar-refractivity contribution is 0.159. The first-order chi connectivity index (χ1) is 9.15. The monoisotopic (exact) mass is 269 g/mol. The maximum atomic E-state index is 11.3. The molecule has 104 valence electrons. The molecule has 0 spiro atoms. The Bertz CT molecular complexity index is 440. The number of anilines is 2. The zero-order valence-corrected chi connectivity index (χ0v) is 10.7. The third-order valence-electron chi connectivity index (χ3n) is 1.92. The Balaban J connectivity index is 2.52. The second-order valence-electron chi connectivity index (χ2n) is 3.36. The van der Waals surface area contributed by atoms with Crippen molar-refractivity contribution in [2.24, 2.45) is 0 Å². The van der Waals surface area contributed by atoms with Crippen LogP contribution < -0.4 is 10.6 Å². The molecule has 0 saturated heterocycles. The van der Waals surface area contributed by atoms with E-state index in [0.717, 1.165) is 19.2 Å². The molecule has 9 nitrogen and oxygen atoms in total. The van der Waals surface area contributed by atoms with Gasteiger partial charge in [0, 0.05) is 0 Å².